The fourth-order valence-corrected chi connectivity index (χ4v) is 4.83. The zero-order valence-corrected chi connectivity index (χ0v) is 19.4. The van der Waals surface area contributed by atoms with E-state index >= 15 is 0 Å². The van der Waals surface area contributed by atoms with E-state index in [-0.39, 0.29) is 17.5 Å². The number of aromatic nitrogens is 1. The molecule has 2 aliphatic rings. The average Bonchev–Trinajstić information content (AvgIpc) is 2.76. The number of nitrogens with one attached hydrogen (secondary N) is 2. The average molecular weight is 474 g/mol. The molecule has 8 heteroatoms. The van der Waals surface area contributed by atoms with Gasteiger partial charge in [-0.25, -0.2) is 0 Å². The van der Waals surface area contributed by atoms with Crippen molar-refractivity contribution in [3.63, 3.8) is 0 Å². The molecule has 5 nitrogen and oxygen atoms in total. The maximum atomic E-state index is 13.2. The van der Waals surface area contributed by atoms with E-state index in [1.165, 1.54) is 12.3 Å². The van der Waals surface area contributed by atoms with Gasteiger partial charge in [0, 0.05) is 41.9 Å². The molecule has 1 aliphatic heterocycles. The summed E-state index contributed by atoms with van der Waals surface area (Å²) in [6, 6.07) is 5.69. The highest BCUT2D eigenvalue weighted by Gasteiger charge is 2.40. The molecule has 0 radical (unpaired) electrons. The summed E-state index contributed by atoms with van der Waals surface area (Å²) >= 11 is 0. The molecule has 4 rings (SSSR count). The van der Waals surface area contributed by atoms with Gasteiger partial charge in [0.25, 0.3) is 5.91 Å². The van der Waals surface area contributed by atoms with Crippen LogP contribution in [0, 0.1) is 18.8 Å². The summed E-state index contributed by atoms with van der Waals surface area (Å²) in [6.45, 7) is 3.87. The van der Waals surface area contributed by atoms with Crippen LogP contribution in [0.5, 0.6) is 0 Å². The second-order valence-corrected chi connectivity index (χ2v) is 9.36. The van der Waals surface area contributed by atoms with Gasteiger partial charge in [0.05, 0.1) is 5.92 Å². The van der Waals surface area contributed by atoms with Crippen LogP contribution in [0.25, 0.3) is 10.9 Å². The molecule has 3 unspecified atom stereocenters. The third-order valence-electron chi connectivity index (χ3n) is 6.97. The number of H-pyrrole nitrogens is 1. The number of allylic oxidation sites excluding steroid dienone is 2. The fourth-order valence-electron chi connectivity index (χ4n) is 4.83. The third kappa shape index (κ3) is 5.05. The second kappa shape index (κ2) is 9.68. The first-order chi connectivity index (χ1) is 16.1. The Balaban J connectivity index is 1.48. The summed E-state index contributed by atoms with van der Waals surface area (Å²) < 4.78 is 39.7. The lowest BCUT2D eigenvalue weighted by atomic mass is 9.73. The Morgan fingerprint density at radius 3 is 2.79 bits per heavy atom. The largest absolute Gasteiger partial charge is 0.394 e. The van der Waals surface area contributed by atoms with Crippen LogP contribution in [0.4, 0.5) is 13.2 Å². The number of hydrogen-bond acceptors (Lipinski definition) is 3. The van der Waals surface area contributed by atoms with Crippen molar-refractivity contribution in [1.82, 2.24) is 15.2 Å². The SMILES string of the molecule is Cc1ccc2[nH]cc(C(=O)NC/C=C\C(=C/C(C)C(F)(F)F)N3CCCC4CCC43)c(=O)c2c1. The molecule has 2 heterocycles. The fraction of sp³-hybridized carbons (Fsp3) is 0.462. The van der Waals surface area contributed by atoms with Gasteiger partial charge in [0.2, 0.25) is 5.43 Å². The Labute approximate surface area is 196 Å². The minimum absolute atomic E-state index is 0.00120. The van der Waals surface area contributed by atoms with E-state index in [4.69, 9.17) is 0 Å². The number of nitrogens with zero attached hydrogens (tertiary/aromatic N) is 1. The Morgan fingerprint density at radius 2 is 2.09 bits per heavy atom. The van der Waals surface area contributed by atoms with Crippen LogP contribution >= 0.6 is 0 Å². The maximum absolute atomic E-state index is 13.2. The van der Waals surface area contributed by atoms with Gasteiger partial charge in [-0.05, 0) is 62.8 Å². The van der Waals surface area contributed by atoms with Crippen molar-refractivity contribution in [1.29, 1.82) is 0 Å². The van der Waals surface area contributed by atoms with Crippen molar-refractivity contribution in [3.05, 3.63) is 69.7 Å². The topological polar surface area (TPSA) is 65.2 Å². The molecular formula is C26H30F3N3O2. The van der Waals surface area contributed by atoms with Gasteiger partial charge in [0.1, 0.15) is 5.56 Å². The molecule has 182 valence electrons. The summed E-state index contributed by atoms with van der Waals surface area (Å²) in [5.74, 6) is -1.54. The molecule has 2 N–H and O–H groups in total. The van der Waals surface area contributed by atoms with Crippen LogP contribution in [0.3, 0.4) is 0 Å². The molecule has 1 amide bonds. The molecule has 1 saturated carbocycles. The van der Waals surface area contributed by atoms with E-state index in [2.05, 4.69) is 15.2 Å². The Hall–Kier alpha value is -3.03. The maximum Gasteiger partial charge on any atom is 0.394 e. The van der Waals surface area contributed by atoms with Crippen LogP contribution in [0.1, 0.15) is 48.5 Å². The van der Waals surface area contributed by atoms with Crippen molar-refractivity contribution in [2.24, 2.45) is 11.8 Å². The Kier molecular flexibility index (Phi) is 6.86. The van der Waals surface area contributed by atoms with Crippen molar-refractivity contribution in [2.75, 3.05) is 13.1 Å². The predicted octanol–water partition coefficient (Wildman–Crippen LogP) is 5.08. The second-order valence-electron chi connectivity index (χ2n) is 9.36. The Morgan fingerprint density at radius 1 is 1.29 bits per heavy atom. The van der Waals surface area contributed by atoms with E-state index in [1.54, 1.807) is 24.3 Å². The van der Waals surface area contributed by atoms with Crippen LogP contribution < -0.4 is 10.7 Å². The number of likely N-dealkylation sites (tertiary alicyclic amines) is 1. The van der Waals surface area contributed by atoms with Gasteiger partial charge in [0.15, 0.2) is 0 Å². The van der Waals surface area contributed by atoms with Crippen LogP contribution in [-0.2, 0) is 0 Å². The van der Waals surface area contributed by atoms with Gasteiger partial charge in [-0.15, -0.1) is 0 Å². The number of pyridine rings is 1. The number of aromatic amines is 1. The highest BCUT2D eigenvalue weighted by Crippen LogP contribution is 2.41. The number of carbonyl (C=O) groups is 1. The number of alkyl halides is 3. The number of amides is 1. The van der Waals surface area contributed by atoms with Crippen molar-refractivity contribution >= 4 is 16.8 Å². The summed E-state index contributed by atoms with van der Waals surface area (Å²) in [5.41, 5.74) is 1.76. The quantitative estimate of drug-likeness (QED) is 0.575. The minimum Gasteiger partial charge on any atom is -0.369 e. The molecule has 2 aromatic rings. The normalized spacial score (nSPS) is 21.9. The highest BCUT2D eigenvalue weighted by atomic mass is 19.4. The monoisotopic (exact) mass is 473 g/mol. The van der Waals surface area contributed by atoms with Gasteiger partial charge < -0.3 is 15.2 Å². The number of piperidine rings is 1. The molecule has 1 saturated heterocycles. The van der Waals surface area contributed by atoms with Crippen LogP contribution in [0.15, 0.2) is 53.1 Å². The Bertz CT molecular complexity index is 1180. The summed E-state index contributed by atoms with van der Waals surface area (Å²) in [5, 5.41) is 3.12. The number of aryl methyl sites for hydroxylation is 1. The van der Waals surface area contributed by atoms with E-state index in [0.717, 1.165) is 44.7 Å². The molecule has 0 spiro atoms. The first-order valence-electron chi connectivity index (χ1n) is 11.8. The molecule has 1 aromatic heterocycles. The van der Waals surface area contributed by atoms with E-state index in [9.17, 15) is 22.8 Å². The smallest absolute Gasteiger partial charge is 0.369 e. The molecule has 34 heavy (non-hydrogen) atoms. The lowest BCUT2D eigenvalue weighted by Crippen LogP contribution is -2.50. The standard InChI is InChI=1S/C26H30F3N3O2/c1-16-7-9-22-20(13-16)24(33)21(15-31-22)25(34)30-11-3-6-19(14-17(2)26(27,28)29)32-12-4-5-18-8-10-23(18)32/h3,6-7,9,13-15,17-18,23H,4-5,8,10-12H2,1-2H3,(H,30,34)(H,31,33)/b6-3-,19-14+. The molecular weight excluding hydrogens is 443 g/mol. The number of halogens is 3. The van der Waals surface area contributed by atoms with Gasteiger partial charge in [-0.1, -0.05) is 24.6 Å². The third-order valence-corrected chi connectivity index (χ3v) is 6.97. The number of hydrogen-bond donors (Lipinski definition) is 2. The first kappa shape index (κ1) is 24.1. The van der Waals surface area contributed by atoms with Crippen molar-refractivity contribution in [3.8, 4) is 0 Å². The predicted molar refractivity (Wildman–Crippen MR) is 127 cm³/mol. The van der Waals surface area contributed by atoms with Crippen molar-refractivity contribution < 1.29 is 18.0 Å². The lowest BCUT2D eigenvalue weighted by molar-refractivity contribution is -0.156. The molecule has 3 atom stereocenters. The van der Waals surface area contributed by atoms with E-state index in [1.807, 2.05) is 13.0 Å². The zero-order chi connectivity index (χ0) is 24.5. The summed E-state index contributed by atoms with van der Waals surface area (Å²) in [4.78, 5) is 30.4. The highest BCUT2D eigenvalue weighted by molar-refractivity contribution is 5.97. The number of carbonyl (C=O) groups excluding carboxylic acids is 1. The first-order valence-corrected chi connectivity index (χ1v) is 11.8. The van der Waals surface area contributed by atoms with Gasteiger partial charge in [-0.2, -0.15) is 13.2 Å². The lowest BCUT2D eigenvalue weighted by Gasteiger charge is -2.50. The number of rotatable bonds is 6. The van der Waals surface area contributed by atoms with Crippen LogP contribution in [-0.4, -0.2) is 41.1 Å². The molecule has 1 aliphatic carbocycles. The molecule has 1 aromatic carbocycles. The number of benzene rings is 1. The molecule has 2 fully saturated rings. The van der Waals surface area contributed by atoms with Crippen molar-refractivity contribution in [2.45, 2.75) is 51.7 Å². The number of fused-ring (bicyclic) bond motifs is 2. The van der Waals surface area contributed by atoms with Gasteiger partial charge >= 0.3 is 6.18 Å². The van der Waals surface area contributed by atoms with E-state index < -0.39 is 18.0 Å². The van der Waals surface area contributed by atoms with E-state index in [0.29, 0.717) is 28.6 Å². The van der Waals surface area contributed by atoms with Crippen LogP contribution in [0.2, 0.25) is 0 Å². The summed E-state index contributed by atoms with van der Waals surface area (Å²) in [6.07, 6.45) is 5.88. The minimum atomic E-state index is -4.31. The zero-order valence-electron chi connectivity index (χ0n) is 19.4. The summed E-state index contributed by atoms with van der Waals surface area (Å²) in [7, 11) is 0. The molecule has 0 bridgehead atoms. The van der Waals surface area contributed by atoms with Gasteiger partial charge in [-0.3, -0.25) is 9.59 Å².